The molecule has 2 N–H and O–H groups in total. The highest BCUT2D eigenvalue weighted by Crippen LogP contribution is 2.24. The molecule has 1 amide bonds. The lowest BCUT2D eigenvalue weighted by atomic mass is 10.1. The smallest absolute Gasteiger partial charge is 0.279 e. The minimum Gasteiger partial charge on any atom is -0.321 e. The molecule has 4 rings (SSSR count). The second-order valence-electron chi connectivity index (χ2n) is 7.26. The van der Waals surface area contributed by atoms with E-state index in [1.54, 1.807) is 6.07 Å². The standard InChI is InChI=1S/C21H23FN2O/c22-20-7-2-1-4-17(20)13-24(19-10-11-19)14-21(25)23-18-9-8-15-5-3-6-16(15)12-18/h1-2,4,7-9,12,19H,3,5-6,10-11,13-14H2,(H,23,25)/p+1. The normalized spacial score (nSPS) is 17.2. The third-order valence-corrected chi connectivity index (χ3v) is 5.30. The van der Waals surface area contributed by atoms with Gasteiger partial charge in [0, 0.05) is 24.1 Å². The Labute approximate surface area is 147 Å². The fourth-order valence-electron chi connectivity index (χ4n) is 3.79. The highest BCUT2D eigenvalue weighted by Gasteiger charge is 2.35. The average molecular weight is 339 g/mol. The number of aryl methyl sites for hydroxylation is 2. The molecule has 1 saturated carbocycles. The van der Waals surface area contributed by atoms with Gasteiger partial charge >= 0.3 is 0 Å². The summed E-state index contributed by atoms with van der Waals surface area (Å²) in [5.74, 6) is -0.170. The Morgan fingerprint density at radius 1 is 1.12 bits per heavy atom. The minimum atomic E-state index is -0.181. The Bertz CT molecular complexity index is 785. The van der Waals surface area contributed by atoms with Gasteiger partial charge < -0.3 is 10.2 Å². The number of hydrogen-bond donors (Lipinski definition) is 2. The van der Waals surface area contributed by atoms with E-state index in [1.165, 1.54) is 23.6 Å². The molecule has 4 heteroatoms. The fraction of sp³-hybridized carbons (Fsp3) is 0.381. The number of carbonyl (C=O) groups is 1. The van der Waals surface area contributed by atoms with Crippen molar-refractivity contribution in [1.29, 1.82) is 0 Å². The van der Waals surface area contributed by atoms with Gasteiger partial charge in [0.15, 0.2) is 6.54 Å². The molecule has 1 atom stereocenters. The van der Waals surface area contributed by atoms with Gasteiger partial charge in [0.25, 0.3) is 5.91 Å². The number of fused-ring (bicyclic) bond motifs is 1. The van der Waals surface area contributed by atoms with Crippen LogP contribution < -0.4 is 10.2 Å². The maximum Gasteiger partial charge on any atom is 0.279 e. The maximum atomic E-state index is 13.9. The van der Waals surface area contributed by atoms with E-state index in [2.05, 4.69) is 17.4 Å². The molecular weight excluding hydrogens is 315 g/mol. The van der Waals surface area contributed by atoms with Gasteiger partial charge in [-0.2, -0.15) is 0 Å². The summed E-state index contributed by atoms with van der Waals surface area (Å²) in [7, 11) is 0. The van der Waals surface area contributed by atoms with Crippen molar-refractivity contribution in [2.24, 2.45) is 0 Å². The average Bonchev–Trinajstić information content (AvgIpc) is 3.34. The van der Waals surface area contributed by atoms with Crippen molar-refractivity contribution < 1.29 is 14.1 Å². The van der Waals surface area contributed by atoms with Crippen LogP contribution in [0.5, 0.6) is 0 Å². The molecule has 0 aliphatic heterocycles. The number of rotatable bonds is 6. The zero-order valence-corrected chi connectivity index (χ0v) is 14.4. The van der Waals surface area contributed by atoms with Crippen LogP contribution in [-0.2, 0) is 24.2 Å². The van der Waals surface area contributed by atoms with E-state index in [-0.39, 0.29) is 11.7 Å². The van der Waals surface area contributed by atoms with Crippen LogP contribution in [-0.4, -0.2) is 18.5 Å². The Morgan fingerprint density at radius 3 is 2.72 bits per heavy atom. The van der Waals surface area contributed by atoms with Gasteiger partial charge in [-0.05, 0) is 48.6 Å². The molecule has 2 aromatic rings. The third kappa shape index (κ3) is 3.90. The van der Waals surface area contributed by atoms with E-state index in [4.69, 9.17) is 0 Å². The van der Waals surface area contributed by atoms with Crippen LogP contribution in [0, 0.1) is 5.82 Å². The van der Waals surface area contributed by atoms with E-state index < -0.39 is 0 Å². The predicted molar refractivity (Wildman–Crippen MR) is 96.1 cm³/mol. The number of hydrogen-bond acceptors (Lipinski definition) is 1. The first-order valence-corrected chi connectivity index (χ1v) is 9.18. The van der Waals surface area contributed by atoms with Crippen molar-refractivity contribution in [2.45, 2.75) is 44.7 Å². The molecule has 0 bridgehead atoms. The first kappa shape index (κ1) is 16.3. The molecular formula is C21H24FN2O+. The Hall–Kier alpha value is -2.20. The van der Waals surface area contributed by atoms with Crippen molar-refractivity contribution in [3.63, 3.8) is 0 Å². The van der Waals surface area contributed by atoms with Crippen molar-refractivity contribution >= 4 is 11.6 Å². The quantitative estimate of drug-likeness (QED) is 0.833. The van der Waals surface area contributed by atoms with Crippen LogP contribution in [0.2, 0.25) is 0 Å². The van der Waals surface area contributed by atoms with Gasteiger partial charge in [-0.15, -0.1) is 0 Å². The Kier molecular flexibility index (Phi) is 4.53. The van der Waals surface area contributed by atoms with E-state index in [9.17, 15) is 9.18 Å². The summed E-state index contributed by atoms with van der Waals surface area (Å²) in [4.78, 5) is 13.7. The van der Waals surface area contributed by atoms with E-state index in [0.29, 0.717) is 24.7 Å². The van der Waals surface area contributed by atoms with Crippen molar-refractivity contribution in [3.05, 3.63) is 65.0 Å². The topological polar surface area (TPSA) is 33.5 Å². The second kappa shape index (κ2) is 6.96. The number of benzene rings is 2. The van der Waals surface area contributed by atoms with Crippen LogP contribution in [0.1, 0.15) is 36.0 Å². The summed E-state index contributed by atoms with van der Waals surface area (Å²) in [5, 5.41) is 3.03. The van der Waals surface area contributed by atoms with Crippen LogP contribution >= 0.6 is 0 Å². The largest absolute Gasteiger partial charge is 0.321 e. The van der Waals surface area contributed by atoms with Gasteiger partial charge in [-0.3, -0.25) is 4.79 Å². The van der Waals surface area contributed by atoms with E-state index >= 15 is 0 Å². The highest BCUT2D eigenvalue weighted by atomic mass is 19.1. The van der Waals surface area contributed by atoms with E-state index in [1.807, 2.05) is 18.2 Å². The summed E-state index contributed by atoms with van der Waals surface area (Å²) in [6.07, 6.45) is 5.69. The first-order chi connectivity index (χ1) is 12.2. The lowest BCUT2D eigenvalue weighted by Gasteiger charge is -2.19. The first-order valence-electron chi connectivity index (χ1n) is 9.18. The van der Waals surface area contributed by atoms with Crippen molar-refractivity contribution in [3.8, 4) is 0 Å². The lowest BCUT2D eigenvalue weighted by molar-refractivity contribution is -0.917. The lowest BCUT2D eigenvalue weighted by Crippen LogP contribution is -3.13. The second-order valence-corrected chi connectivity index (χ2v) is 7.26. The molecule has 0 spiro atoms. The van der Waals surface area contributed by atoms with Gasteiger partial charge in [0.1, 0.15) is 12.4 Å². The van der Waals surface area contributed by atoms with Gasteiger partial charge in [-0.25, -0.2) is 4.39 Å². The Morgan fingerprint density at radius 2 is 1.92 bits per heavy atom. The van der Waals surface area contributed by atoms with E-state index in [0.717, 1.165) is 36.3 Å². The molecule has 0 radical (unpaired) electrons. The number of quaternary nitrogens is 1. The summed E-state index contributed by atoms with van der Waals surface area (Å²) in [6.45, 7) is 0.949. The number of nitrogens with one attached hydrogen (secondary N) is 2. The third-order valence-electron chi connectivity index (χ3n) is 5.30. The molecule has 130 valence electrons. The monoisotopic (exact) mass is 339 g/mol. The SMILES string of the molecule is O=C(C[NH+](Cc1ccccc1F)C1CC1)Nc1ccc2c(c1)CCC2. The molecule has 0 saturated heterocycles. The summed E-state index contributed by atoms with van der Waals surface area (Å²) in [6, 6.07) is 13.6. The molecule has 1 unspecified atom stereocenters. The number of amides is 1. The van der Waals surface area contributed by atoms with Gasteiger partial charge in [0.2, 0.25) is 0 Å². The number of anilines is 1. The molecule has 2 aromatic carbocycles. The van der Waals surface area contributed by atoms with Gasteiger partial charge in [0.05, 0.1) is 6.04 Å². The van der Waals surface area contributed by atoms with Crippen LogP contribution in [0.3, 0.4) is 0 Å². The van der Waals surface area contributed by atoms with Crippen LogP contribution in [0.25, 0.3) is 0 Å². The van der Waals surface area contributed by atoms with Gasteiger partial charge in [-0.1, -0.05) is 24.3 Å². The zero-order valence-electron chi connectivity index (χ0n) is 14.4. The van der Waals surface area contributed by atoms with Crippen LogP contribution in [0.4, 0.5) is 10.1 Å². The predicted octanol–water partition coefficient (Wildman–Crippen LogP) is 2.50. The van der Waals surface area contributed by atoms with Crippen molar-refractivity contribution in [2.75, 3.05) is 11.9 Å². The highest BCUT2D eigenvalue weighted by molar-refractivity contribution is 5.91. The van der Waals surface area contributed by atoms with Crippen molar-refractivity contribution in [1.82, 2.24) is 0 Å². The molecule has 3 nitrogen and oxygen atoms in total. The molecule has 2 aliphatic rings. The molecule has 0 heterocycles. The molecule has 25 heavy (non-hydrogen) atoms. The minimum absolute atomic E-state index is 0.0104. The summed E-state index contributed by atoms with van der Waals surface area (Å²) < 4.78 is 13.9. The summed E-state index contributed by atoms with van der Waals surface area (Å²) >= 11 is 0. The fourth-order valence-corrected chi connectivity index (χ4v) is 3.79. The molecule has 2 aliphatic carbocycles. The van der Waals surface area contributed by atoms with Crippen LogP contribution in [0.15, 0.2) is 42.5 Å². The number of halogens is 1. The zero-order chi connectivity index (χ0) is 17.2. The summed E-state index contributed by atoms with van der Waals surface area (Å²) in [5.41, 5.74) is 4.33. The Balaban J connectivity index is 1.40. The molecule has 1 fully saturated rings. The maximum absolute atomic E-state index is 13.9. The molecule has 0 aromatic heterocycles. The number of carbonyl (C=O) groups excluding carboxylic acids is 1.